The van der Waals surface area contributed by atoms with E-state index in [-0.39, 0.29) is 5.69 Å². The van der Waals surface area contributed by atoms with Crippen molar-refractivity contribution in [1.29, 1.82) is 0 Å². The monoisotopic (exact) mass is 325 g/mol. The minimum Gasteiger partial charge on any atom is -0.367 e. The minimum atomic E-state index is -0.619. The van der Waals surface area contributed by atoms with Crippen LogP contribution >= 0.6 is 0 Å². The van der Waals surface area contributed by atoms with Crippen LogP contribution in [-0.4, -0.2) is 49.2 Å². The van der Waals surface area contributed by atoms with Gasteiger partial charge in [-0.05, 0) is 22.6 Å². The van der Waals surface area contributed by atoms with Gasteiger partial charge in [-0.3, -0.25) is 9.78 Å². The number of benzene rings is 1. The lowest BCUT2D eigenvalue weighted by Crippen LogP contribution is -2.18. The van der Waals surface area contributed by atoms with Gasteiger partial charge in [0, 0.05) is 13.1 Å². The number of para-hydroxylation sites is 1. The van der Waals surface area contributed by atoms with Gasteiger partial charge in [0.25, 0.3) is 5.91 Å². The number of hydrogen-bond donors (Lipinski definition) is 3. The molecule has 0 unspecified atom stereocenters. The van der Waals surface area contributed by atoms with Crippen molar-refractivity contribution in [2.75, 3.05) is 23.7 Å². The Morgan fingerprint density at radius 1 is 1.12 bits per heavy atom. The lowest BCUT2D eigenvalue weighted by Gasteiger charge is -2.08. The summed E-state index contributed by atoms with van der Waals surface area (Å²) in [5.41, 5.74) is 6.14. The summed E-state index contributed by atoms with van der Waals surface area (Å²) in [6, 6.07) is 9.56. The number of anilines is 2. The molecule has 10 nitrogen and oxygen atoms in total. The molecule has 0 aliphatic carbocycles. The Balaban J connectivity index is 1.56. The second-order valence-electron chi connectivity index (χ2n) is 4.76. The molecule has 0 saturated carbocycles. The Labute approximate surface area is 137 Å². The number of carbonyl (C=O) groups is 1. The Morgan fingerprint density at radius 2 is 1.92 bits per heavy atom. The summed E-state index contributed by atoms with van der Waals surface area (Å²) in [4.78, 5) is 19.0. The fraction of sp³-hybridized carbons (Fsp3) is 0.143. The summed E-state index contributed by atoms with van der Waals surface area (Å²) in [6.07, 6.45) is 2.83. The molecule has 4 N–H and O–H groups in total. The Morgan fingerprint density at radius 3 is 2.71 bits per heavy atom. The zero-order valence-corrected chi connectivity index (χ0v) is 12.6. The second-order valence-corrected chi connectivity index (χ2v) is 4.76. The van der Waals surface area contributed by atoms with Gasteiger partial charge in [-0.2, -0.15) is 4.68 Å². The number of hydrogen-bond acceptors (Lipinski definition) is 8. The second kappa shape index (κ2) is 7.13. The van der Waals surface area contributed by atoms with Crippen molar-refractivity contribution in [3.63, 3.8) is 0 Å². The fourth-order valence-corrected chi connectivity index (χ4v) is 1.98. The van der Waals surface area contributed by atoms with E-state index in [1.165, 1.54) is 12.4 Å². The van der Waals surface area contributed by atoms with E-state index in [1.807, 2.05) is 30.3 Å². The SMILES string of the molecule is NC(=O)c1cncc(NCCNc2nnnn2-c2ccccc2)n1. The van der Waals surface area contributed by atoms with Crippen molar-refractivity contribution >= 4 is 17.7 Å². The van der Waals surface area contributed by atoms with Crippen LogP contribution < -0.4 is 16.4 Å². The first-order valence-corrected chi connectivity index (χ1v) is 7.17. The summed E-state index contributed by atoms with van der Waals surface area (Å²) in [6.45, 7) is 1.06. The number of nitrogens with zero attached hydrogens (tertiary/aromatic N) is 6. The van der Waals surface area contributed by atoms with Crippen LogP contribution in [0.15, 0.2) is 42.7 Å². The Hall–Kier alpha value is -3.56. The third kappa shape index (κ3) is 3.61. The minimum absolute atomic E-state index is 0.112. The van der Waals surface area contributed by atoms with Gasteiger partial charge in [-0.15, -0.1) is 0 Å². The first kappa shape index (κ1) is 15.3. The lowest BCUT2D eigenvalue weighted by atomic mass is 10.3. The first-order valence-electron chi connectivity index (χ1n) is 7.17. The number of primary amides is 1. The van der Waals surface area contributed by atoms with Crippen LogP contribution in [0.4, 0.5) is 11.8 Å². The molecule has 2 heterocycles. The number of rotatable bonds is 7. The average molecular weight is 325 g/mol. The Bertz CT molecular complexity index is 818. The lowest BCUT2D eigenvalue weighted by molar-refractivity contribution is 0.0995. The van der Waals surface area contributed by atoms with E-state index in [1.54, 1.807) is 4.68 Å². The third-order valence-corrected chi connectivity index (χ3v) is 3.07. The number of carbonyl (C=O) groups excluding carboxylic acids is 1. The maximum atomic E-state index is 11.1. The summed E-state index contributed by atoms with van der Waals surface area (Å²) in [5, 5.41) is 17.7. The molecule has 0 aliphatic rings. The molecule has 24 heavy (non-hydrogen) atoms. The number of tetrazole rings is 1. The number of nitrogens with one attached hydrogen (secondary N) is 2. The van der Waals surface area contributed by atoms with Gasteiger partial charge in [0.1, 0.15) is 11.5 Å². The van der Waals surface area contributed by atoms with Gasteiger partial charge in [-0.25, -0.2) is 4.98 Å². The highest BCUT2D eigenvalue weighted by atomic mass is 16.1. The van der Waals surface area contributed by atoms with Gasteiger partial charge in [-0.1, -0.05) is 23.3 Å². The molecule has 3 rings (SSSR count). The molecular formula is C14H15N9O. The van der Waals surface area contributed by atoms with Crippen LogP contribution in [0.2, 0.25) is 0 Å². The standard InChI is InChI=1S/C14H15N9O/c15-13(24)11-8-16-9-12(19-11)17-6-7-18-14-20-21-22-23(14)10-4-2-1-3-5-10/h1-5,8-9H,6-7H2,(H2,15,24)(H,17,19)(H,18,20,22). The number of aromatic nitrogens is 6. The van der Waals surface area contributed by atoms with Gasteiger partial charge in [0.2, 0.25) is 5.95 Å². The van der Waals surface area contributed by atoms with E-state index in [0.717, 1.165) is 5.69 Å². The largest absolute Gasteiger partial charge is 0.367 e. The summed E-state index contributed by atoms with van der Waals surface area (Å²) < 4.78 is 1.60. The maximum absolute atomic E-state index is 11.1. The highest BCUT2D eigenvalue weighted by Crippen LogP contribution is 2.10. The van der Waals surface area contributed by atoms with E-state index in [4.69, 9.17) is 5.73 Å². The molecule has 1 aromatic carbocycles. The van der Waals surface area contributed by atoms with Crippen LogP contribution in [-0.2, 0) is 0 Å². The summed E-state index contributed by atoms with van der Waals surface area (Å²) in [7, 11) is 0. The highest BCUT2D eigenvalue weighted by molar-refractivity contribution is 5.90. The predicted molar refractivity (Wildman–Crippen MR) is 86.7 cm³/mol. The van der Waals surface area contributed by atoms with Crippen molar-refractivity contribution in [2.24, 2.45) is 5.73 Å². The Kier molecular flexibility index (Phi) is 4.56. The maximum Gasteiger partial charge on any atom is 0.268 e. The normalized spacial score (nSPS) is 10.3. The molecule has 3 aromatic rings. The highest BCUT2D eigenvalue weighted by Gasteiger charge is 2.07. The van der Waals surface area contributed by atoms with Crippen molar-refractivity contribution < 1.29 is 4.79 Å². The van der Waals surface area contributed by atoms with Gasteiger partial charge < -0.3 is 16.4 Å². The molecule has 10 heteroatoms. The van der Waals surface area contributed by atoms with Crippen molar-refractivity contribution in [2.45, 2.75) is 0 Å². The van der Waals surface area contributed by atoms with Gasteiger partial charge in [0.05, 0.1) is 18.1 Å². The zero-order valence-electron chi connectivity index (χ0n) is 12.6. The van der Waals surface area contributed by atoms with Crippen LogP contribution in [0.1, 0.15) is 10.5 Å². The van der Waals surface area contributed by atoms with Crippen molar-refractivity contribution in [3.8, 4) is 5.69 Å². The molecule has 1 amide bonds. The van der Waals surface area contributed by atoms with Crippen LogP contribution in [0, 0.1) is 0 Å². The van der Waals surface area contributed by atoms with E-state index < -0.39 is 5.91 Å². The molecule has 0 saturated heterocycles. The topological polar surface area (TPSA) is 137 Å². The quantitative estimate of drug-likeness (QED) is 0.519. The van der Waals surface area contributed by atoms with Crippen LogP contribution in [0.25, 0.3) is 5.69 Å². The summed E-state index contributed by atoms with van der Waals surface area (Å²) >= 11 is 0. The molecule has 2 aromatic heterocycles. The molecule has 0 atom stereocenters. The van der Waals surface area contributed by atoms with Crippen LogP contribution in [0.3, 0.4) is 0 Å². The first-order chi connectivity index (χ1) is 11.7. The molecular weight excluding hydrogens is 310 g/mol. The van der Waals surface area contributed by atoms with Gasteiger partial charge >= 0.3 is 0 Å². The van der Waals surface area contributed by atoms with Crippen LogP contribution in [0.5, 0.6) is 0 Å². The van der Waals surface area contributed by atoms with Crippen molar-refractivity contribution in [3.05, 3.63) is 48.4 Å². The molecule has 0 spiro atoms. The predicted octanol–water partition coefficient (Wildman–Crippen LogP) is 0.0752. The number of nitrogens with two attached hydrogens (primary N) is 1. The molecule has 0 bridgehead atoms. The zero-order chi connectivity index (χ0) is 16.8. The molecule has 122 valence electrons. The van der Waals surface area contributed by atoms with E-state index in [2.05, 4.69) is 36.1 Å². The third-order valence-electron chi connectivity index (χ3n) is 3.07. The van der Waals surface area contributed by atoms with E-state index in [9.17, 15) is 4.79 Å². The van der Waals surface area contributed by atoms with E-state index in [0.29, 0.717) is 24.9 Å². The number of amides is 1. The molecule has 0 aliphatic heterocycles. The van der Waals surface area contributed by atoms with E-state index >= 15 is 0 Å². The molecule has 0 radical (unpaired) electrons. The smallest absolute Gasteiger partial charge is 0.268 e. The van der Waals surface area contributed by atoms with Gasteiger partial charge in [0.15, 0.2) is 0 Å². The van der Waals surface area contributed by atoms with Crippen molar-refractivity contribution in [1.82, 2.24) is 30.2 Å². The average Bonchev–Trinajstić information content (AvgIpc) is 3.08. The molecule has 0 fully saturated rings. The fourth-order valence-electron chi connectivity index (χ4n) is 1.98. The summed E-state index contributed by atoms with van der Waals surface area (Å²) in [5.74, 6) is 0.377.